The van der Waals surface area contributed by atoms with Crippen LogP contribution >= 0.6 is 0 Å². The van der Waals surface area contributed by atoms with E-state index >= 15 is 0 Å². The smallest absolute Gasteiger partial charge is 0.254 e. The molecule has 0 spiro atoms. The van der Waals surface area contributed by atoms with E-state index < -0.39 is 0 Å². The zero-order chi connectivity index (χ0) is 16.9. The van der Waals surface area contributed by atoms with Crippen molar-refractivity contribution in [2.75, 3.05) is 20.3 Å². The van der Waals surface area contributed by atoms with Crippen LogP contribution in [0.3, 0.4) is 0 Å². The first-order valence-electron chi connectivity index (χ1n) is 8.78. The van der Waals surface area contributed by atoms with Crippen LogP contribution in [0.5, 0.6) is 0 Å². The zero-order valence-electron chi connectivity index (χ0n) is 14.2. The van der Waals surface area contributed by atoms with Crippen LogP contribution < -0.4 is 10.6 Å². The SMILES string of the molecule is COCCNC(=O)c1cnn2c1C[C@H](NC(=O)CC1CCCC1)C2. The van der Waals surface area contributed by atoms with Gasteiger partial charge in [-0.3, -0.25) is 14.3 Å². The third kappa shape index (κ3) is 3.95. The monoisotopic (exact) mass is 334 g/mol. The molecule has 2 aliphatic rings. The number of aromatic nitrogens is 2. The Bertz CT molecular complexity index is 593. The molecule has 3 rings (SSSR count). The molecule has 2 N–H and O–H groups in total. The number of ether oxygens (including phenoxy) is 1. The molecular weight excluding hydrogens is 308 g/mol. The van der Waals surface area contributed by atoms with Crippen LogP contribution in [-0.4, -0.2) is 47.9 Å². The lowest BCUT2D eigenvalue weighted by atomic mass is 10.0. The normalized spacial score (nSPS) is 20.1. The van der Waals surface area contributed by atoms with Gasteiger partial charge < -0.3 is 15.4 Å². The second-order valence-corrected chi connectivity index (χ2v) is 6.76. The third-order valence-corrected chi connectivity index (χ3v) is 4.93. The summed E-state index contributed by atoms with van der Waals surface area (Å²) in [5.41, 5.74) is 1.50. The number of nitrogens with zero attached hydrogens (tertiary/aromatic N) is 2. The summed E-state index contributed by atoms with van der Waals surface area (Å²) in [6, 6.07) is 0.0353. The summed E-state index contributed by atoms with van der Waals surface area (Å²) in [5.74, 6) is 0.542. The molecule has 1 atom stereocenters. The highest BCUT2D eigenvalue weighted by Crippen LogP contribution is 2.27. The van der Waals surface area contributed by atoms with E-state index in [9.17, 15) is 9.59 Å². The molecule has 1 saturated carbocycles. The molecule has 2 heterocycles. The van der Waals surface area contributed by atoms with Crippen LogP contribution in [0.15, 0.2) is 6.20 Å². The summed E-state index contributed by atoms with van der Waals surface area (Å²) in [5, 5.41) is 10.2. The first-order chi connectivity index (χ1) is 11.7. The molecule has 7 heteroatoms. The largest absolute Gasteiger partial charge is 0.383 e. The van der Waals surface area contributed by atoms with Crippen molar-refractivity contribution in [1.29, 1.82) is 0 Å². The molecule has 0 aromatic carbocycles. The molecule has 1 fully saturated rings. The Kier molecular flexibility index (Phi) is 5.50. The van der Waals surface area contributed by atoms with Crippen molar-refractivity contribution in [3.63, 3.8) is 0 Å². The van der Waals surface area contributed by atoms with Gasteiger partial charge in [0.2, 0.25) is 5.91 Å². The molecule has 132 valence electrons. The third-order valence-electron chi connectivity index (χ3n) is 4.93. The van der Waals surface area contributed by atoms with E-state index in [2.05, 4.69) is 15.7 Å². The summed E-state index contributed by atoms with van der Waals surface area (Å²) in [4.78, 5) is 24.4. The Hall–Kier alpha value is -1.89. The number of nitrogens with one attached hydrogen (secondary N) is 2. The van der Waals surface area contributed by atoms with E-state index in [1.165, 1.54) is 25.7 Å². The Labute approximate surface area is 142 Å². The maximum absolute atomic E-state index is 12.2. The molecule has 24 heavy (non-hydrogen) atoms. The van der Waals surface area contributed by atoms with Gasteiger partial charge in [-0.25, -0.2) is 0 Å². The lowest BCUT2D eigenvalue weighted by Crippen LogP contribution is -2.37. The van der Waals surface area contributed by atoms with Crippen molar-refractivity contribution in [2.24, 2.45) is 5.92 Å². The predicted molar refractivity (Wildman–Crippen MR) is 88.6 cm³/mol. The van der Waals surface area contributed by atoms with Crippen molar-refractivity contribution < 1.29 is 14.3 Å². The average Bonchev–Trinajstić information content (AvgIpc) is 3.24. The summed E-state index contributed by atoms with van der Waals surface area (Å²) in [6.45, 7) is 1.59. The fourth-order valence-corrected chi connectivity index (χ4v) is 3.70. The molecule has 1 aromatic heterocycles. The maximum Gasteiger partial charge on any atom is 0.254 e. The number of rotatable bonds is 7. The molecule has 0 radical (unpaired) electrons. The van der Waals surface area contributed by atoms with E-state index in [4.69, 9.17) is 4.74 Å². The van der Waals surface area contributed by atoms with Gasteiger partial charge >= 0.3 is 0 Å². The molecule has 2 amide bonds. The van der Waals surface area contributed by atoms with E-state index in [0.29, 0.717) is 44.0 Å². The standard InChI is InChI=1S/C17H26N4O3/c1-24-7-6-18-17(23)14-10-19-21-11-13(9-15(14)21)20-16(22)8-12-4-2-3-5-12/h10,12-13H,2-9,11H2,1H3,(H,18,23)(H,20,22)/t13-/m0/s1. The Morgan fingerprint density at radius 3 is 2.92 bits per heavy atom. The molecule has 7 nitrogen and oxygen atoms in total. The fourth-order valence-electron chi connectivity index (χ4n) is 3.70. The number of hydrogen-bond donors (Lipinski definition) is 2. The van der Waals surface area contributed by atoms with Crippen LogP contribution in [0.2, 0.25) is 0 Å². The quantitative estimate of drug-likeness (QED) is 0.725. The second kappa shape index (κ2) is 7.79. The van der Waals surface area contributed by atoms with Crippen molar-refractivity contribution in [2.45, 2.75) is 51.1 Å². The van der Waals surface area contributed by atoms with Gasteiger partial charge in [0.25, 0.3) is 5.91 Å². The van der Waals surface area contributed by atoms with Crippen LogP contribution in [0.25, 0.3) is 0 Å². The minimum absolute atomic E-state index is 0.0353. The van der Waals surface area contributed by atoms with Gasteiger partial charge in [-0.05, 0) is 18.8 Å². The van der Waals surface area contributed by atoms with Crippen molar-refractivity contribution in [3.05, 3.63) is 17.5 Å². The molecule has 0 bridgehead atoms. The van der Waals surface area contributed by atoms with Gasteiger partial charge in [-0.2, -0.15) is 5.10 Å². The van der Waals surface area contributed by atoms with Gasteiger partial charge in [0.05, 0.1) is 36.6 Å². The highest BCUT2D eigenvalue weighted by molar-refractivity contribution is 5.95. The van der Waals surface area contributed by atoms with Gasteiger partial charge in [0.1, 0.15) is 0 Å². The molecule has 0 unspecified atom stereocenters. The number of amides is 2. The van der Waals surface area contributed by atoms with Crippen LogP contribution in [0, 0.1) is 5.92 Å². The van der Waals surface area contributed by atoms with Gasteiger partial charge in [0.15, 0.2) is 0 Å². The topological polar surface area (TPSA) is 85.2 Å². The van der Waals surface area contributed by atoms with Gasteiger partial charge in [-0.1, -0.05) is 12.8 Å². The highest BCUT2D eigenvalue weighted by atomic mass is 16.5. The summed E-state index contributed by atoms with van der Waals surface area (Å²) < 4.78 is 6.76. The van der Waals surface area contributed by atoms with Crippen LogP contribution in [0.4, 0.5) is 0 Å². The lowest BCUT2D eigenvalue weighted by Gasteiger charge is -2.14. The number of methoxy groups -OCH3 is 1. The fraction of sp³-hybridized carbons (Fsp3) is 0.706. The Morgan fingerprint density at radius 2 is 2.17 bits per heavy atom. The van der Waals surface area contributed by atoms with Gasteiger partial charge in [0, 0.05) is 26.5 Å². The number of carbonyl (C=O) groups is 2. The first kappa shape index (κ1) is 17.0. The number of fused-ring (bicyclic) bond motifs is 1. The molecule has 1 aliphatic heterocycles. The molecule has 0 saturated heterocycles. The number of carbonyl (C=O) groups excluding carboxylic acids is 2. The lowest BCUT2D eigenvalue weighted by molar-refractivity contribution is -0.122. The predicted octanol–water partition coefficient (Wildman–Crippen LogP) is 0.880. The molecular formula is C17H26N4O3. The average molecular weight is 334 g/mol. The minimum atomic E-state index is -0.133. The Balaban J connectivity index is 1.51. The van der Waals surface area contributed by atoms with Crippen molar-refractivity contribution in [3.8, 4) is 0 Å². The van der Waals surface area contributed by atoms with E-state index in [0.717, 1.165) is 5.69 Å². The summed E-state index contributed by atoms with van der Waals surface area (Å²) in [7, 11) is 1.60. The van der Waals surface area contributed by atoms with E-state index in [1.807, 2.05) is 4.68 Å². The van der Waals surface area contributed by atoms with Crippen molar-refractivity contribution >= 4 is 11.8 Å². The summed E-state index contributed by atoms with van der Waals surface area (Å²) >= 11 is 0. The van der Waals surface area contributed by atoms with Gasteiger partial charge in [-0.15, -0.1) is 0 Å². The van der Waals surface area contributed by atoms with E-state index in [1.54, 1.807) is 13.3 Å². The zero-order valence-corrected chi connectivity index (χ0v) is 14.2. The maximum atomic E-state index is 12.2. The number of hydrogen-bond acceptors (Lipinski definition) is 4. The van der Waals surface area contributed by atoms with E-state index in [-0.39, 0.29) is 17.9 Å². The first-order valence-corrected chi connectivity index (χ1v) is 8.78. The molecule has 1 aromatic rings. The second-order valence-electron chi connectivity index (χ2n) is 6.76. The highest BCUT2D eigenvalue weighted by Gasteiger charge is 2.29. The summed E-state index contributed by atoms with van der Waals surface area (Å²) in [6.07, 6.45) is 7.73. The minimum Gasteiger partial charge on any atom is -0.383 e. The van der Waals surface area contributed by atoms with Crippen LogP contribution in [-0.2, 0) is 22.5 Å². The van der Waals surface area contributed by atoms with Crippen molar-refractivity contribution in [1.82, 2.24) is 20.4 Å². The Morgan fingerprint density at radius 1 is 1.38 bits per heavy atom. The molecule has 1 aliphatic carbocycles. The van der Waals surface area contributed by atoms with Crippen LogP contribution in [0.1, 0.15) is 48.2 Å².